The average molecular weight is 182 g/mol. The highest BCUT2D eigenvalue weighted by Crippen LogP contribution is 2.24. The predicted octanol–water partition coefficient (Wildman–Crippen LogP) is 2.69. The number of benzene rings is 1. The number of nitrogen functional groups attached to an aromatic ring is 1. The predicted molar refractivity (Wildman–Crippen MR) is 47.7 cm³/mol. The first-order valence-electron chi connectivity index (χ1n) is 3.83. The fourth-order valence-electron chi connectivity index (χ4n) is 1.28. The summed E-state index contributed by atoms with van der Waals surface area (Å²) < 4.78 is 24.5. The number of H-pyrrole nitrogens is 1. The van der Waals surface area contributed by atoms with E-state index < -0.39 is 6.43 Å². The van der Waals surface area contributed by atoms with Gasteiger partial charge in [-0.1, -0.05) is 6.07 Å². The Balaban J connectivity index is 2.62. The molecule has 1 aromatic heterocycles. The quantitative estimate of drug-likeness (QED) is 0.654. The van der Waals surface area contributed by atoms with E-state index in [1.54, 1.807) is 18.2 Å². The first-order chi connectivity index (χ1) is 6.16. The number of hydrogen-bond acceptors (Lipinski definition) is 1. The van der Waals surface area contributed by atoms with Gasteiger partial charge in [0.05, 0.1) is 5.69 Å². The number of aromatic amines is 1. The lowest BCUT2D eigenvalue weighted by molar-refractivity contribution is 0.147. The fraction of sp³-hybridized carbons (Fsp3) is 0.111. The van der Waals surface area contributed by atoms with Crippen molar-refractivity contribution >= 4 is 16.6 Å². The van der Waals surface area contributed by atoms with Gasteiger partial charge in [0.15, 0.2) is 0 Å². The van der Waals surface area contributed by atoms with Gasteiger partial charge in [0, 0.05) is 16.6 Å². The Morgan fingerprint density at radius 2 is 2.00 bits per heavy atom. The zero-order valence-corrected chi connectivity index (χ0v) is 6.72. The highest BCUT2D eigenvalue weighted by molar-refractivity contribution is 5.83. The molecule has 0 saturated carbocycles. The minimum Gasteiger partial charge on any atom is -0.399 e. The normalized spacial score (nSPS) is 11.3. The van der Waals surface area contributed by atoms with Crippen LogP contribution in [0.15, 0.2) is 24.3 Å². The lowest BCUT2D eigenvalue weighted by atomic mass is 10.2. The molecule has 0 unspecified atom stereocenters. The summed E-state index contributed by atoms with van der Waals surface area (Å²) in [7, 11) is 0. The third kappa shape index (κ3) is 1.35. The van der Waals surface area contributed by atoms with Crippen LogP contribution in [0.25, 0.3) is 10.9 Å². The molecule has 2 nitrogen and oxygen atoms in total. The van der Waals surface area contributed by atoms with E-state index in [4.69, 9.17) is 5.73 Å². The zero-order chi connectivity index (χ0) is 9.42. The van der Waals surface area contributed by atoms with Crippen LogP contribution >= 0.6 is 0 Å². The molecule has 0 aliphatic rings. The molecule has 0 atom stereocenters. The van der Waals surface area contributed by atoms with Crippen molar-refractivity contribution in [1.82, 2.24) is 4.98 Å². The maximum Gasteiger partial charge on any atom is 0.278 e. The molecule has 1 heterocycles. The maximum atomic E-state index is 12.2. The molecule has 0 amide bonds. The second-order valence-corrected chi connectivity index (χ2v) is 2.87. The molecule has 1 aromatic carbocycles. The Bertz CT molecular complexity index is 434. The molecule has 0 aliphatic carbocycles. The van der Waals surface area contributed by atoms with Crippen LogP contribution in [-0.2, 0) is 0 Å². The van der Waals surface area contributed by atoms with Gasteiger partial charge >= 0.3 is 0 Å². The molecule has 2 aromatic rings. The smallest absolute Gasteiger partial charge is 0.278 e. The molecule has 0 saturated heterocycles. The van der Waals surface area contributed by atoms with Gasteiger partial charge in [0.1, 0.15) is 0 Å². The third-order valence-electron chi connectivity index (χ3n) is 1.90. The number of halogens is 2. The van der Waals surface area contributed by atoms with Crippen LogP contribution in [0.3, 0.4) is 0 Å². The van der Waals surface area contributed by atoms with Gasteiger partial charge in [-0.3, -0.25) is 0 Å². The summed E-state index contributed by atoms with van der Waals surface area (Å²) in [4.78, 5) is 2.61. The van der Waals surface area contributed by atoms with Crippen molar-refractivity contribution in [3.63, 3.8) is 0 Å². The van der Waals surface area contributed by atoms with Gasteiger partial charge in [0.2, 0.25) is 0 Å². The van der Waals surface area contributed by atoms with Gasteiger partial charge in [-0.05, 0) is 18.2 Å². The van der Waals surface area contributed by atoms with Crippen molar-refractivity contribution in [3.05, 3.63) is 30.0 Å². The van der Waals surface area contributed by atoms with Crippen molar-refractivity contribution in [2.24, 2.45) is 0 Å². The van der Waals surface area contributed by atoms with Crippen molar-refractivity contribution in [2.75, 3.05) is 5.73 Å². The number of fused-ring (bicyclic) bond motifs is 1. The van der Waals surface area contributed by atoms with Crippen molar-refractivity contribution in [1.29, 1.82) is 0 Å². The molecule has 0 radical (unpaired) electrons. The van der Waals surface area contributed by atoms with E-state index in [0.29, 0.717) is 11.2 Å². The molecule has 3 N–H and O–H groups in total. The second kappa shape index (κ2) is 2.73. The van der Waals surface area contributed by atoms with Crippen LogP contribution < -0.4 is 5.73 Å². The van der Waals surface area contributed by atoms with Gasteiger partial charge < -0.3 is 10.7 Å². The third-order valence-corrected chi connectivity index (χ3v) is 1.90. The Morgan fingerprint density at radius 1 is 1.23 bits per heavy atom. The molecule has 2 rings (SSSR count). The first kappa shape index (κ1) is 8.04. The molecule has 4 heteroatoms. The molecule has 13 heavy (non-hydrogen) atoms. The molecular weight excluding hydrogens is 174 g/mol. The summed E-state index contributed by atoms with van der Waals surface area (Å²) >= 11 is 0. The molecule has 0 aliphatic heterocycles. The first-order valence-corrected chi connectivity index (χ1v) is 3.83. The van der Waals surface area contributed by atoms with E-state index in [2.05, 4.69) is 4.98 Å². The van der Waals surface area contributed by atoms with E-state index in [1.807, 2.05) is 0 Å². The lowest BCUT2D eigenvalue weighted by Gasteiger charge is -1.92. The van der Waals surface area contributed by atoms with Gasteiger partial charge in [-0.25, -0.2) is 8.78 Å². The number of anilines is 1. The lowest BCUT2D eigenvalue weighted by Crippen LogP contribution is -1.83. The van der Waals surface area contributed by atoms with Crippen LogP contribution in [0.2, 0.25) is 0 Å². The van der Waals surface area contributed by atoms with Crippen LogP contribution in [0.5, 0.6) is 0 Å². The number of nitrogens with one attached hydrogen (secondary N) is 1. The standard InChI is InChI=1S/C9H8F2N2/c10-9(11)8-3-5-1-2-6(12)4-7(5)13-8/h1-4,9,13H,12H2. The fourth-order valence-corrected chi connectivity index (χ4v) is 1.28. The van der Waals surface area contributed by atoms with Crippen LogP contribution in [0.4, 0.5) is 14.5 Å². The van der Waals surface area contributed by atoms with E-state index in [9.17, 15) is 8.78 Å². The second-order valence-electron chi connectivity index (χ2n) is 2.87. The van der Waals surface area contributed by atoms with Crippen molar-refractivity contribution in [2.45, 2.75) is 6.43 Å². The Morgan fingerprint density at radius 3 is 2.69 bits per heavy atom. The van der Waals surface area contributed by atoms with Crippen LogP contribution in [-0.4, -0.2) is 4.98 Å². The number of rotatable bonds is 1. The van der Waals surface area contributed by atoms with E-state index >= 15 is 0 Å². The Labute approximate surface area is 73.4 Å². The van der Waals surface area contributed by atoms with Gasteiger partial charge in [-0.2, -0.15) is 0 Å². The SMILES string of the molecule is Nc1ccc2cc(C(F)F)[nH]c2c1. The molecule has 0 fully saturated rings. The Hall–Kier alpha value is -1.58. The monoisotopic (exact) mass is 182 g/mol. The molecule has 0 spiro atoms. The van der Waals surface area contributed by atoms with E-state index in [1.165, 1.54) is 6.07 Å². The van der Waals surface area contributed by atoms with Crippen molar-refractivity contribution < 1.29 is 8.78 Å². The molecule has 0 bridgehead atoms. The van der Waals surface area contributed by atoms with E-state index in [-0.39, 0.29) is 5.69 Å². The summed E-state index contributed by atoms with van der Waals surface area (Å²) in [5, 5.41) is 0.754. The zero-order valence-electron chi connectivity index (χ0n) is 6.72. The van der Waals surface area contributed by atoms with Crippen LogP contribution in [0, 0.1) is 0 Å². The molecular formula is C9H8F2N2. The van der Waals surface area contributed by atoms with Crippen LogP contribution in [0.1, 0.15) is 12.1 Å². The highest BCUT2D eigenvalue weighted by Gasteiger charge is 2.09. The molecule has 68 valence electrons. The van der Waals surface area contributed by atoms with E-state index in [0.717, 1.165) is 5.39 Å². The highest BCUT2D eigenvalue weighted by atomic mass is 19.3. The average Bonchev–Trinajstić information content (AvgIpc) is 2.46. The van der Waals surface area contributed by atoms with Gasteiger partial charge in [0.25, 0.3) is 6.43 Å². The number of aromatic nitrogens is 1. The minimum atomic E-state index is -2.46. The number of hydrogen-bond donors (Lipinski definition) is 2. The summed E-state index contributed by atoms with van der Waals surface area (Å²) in [6, 6.07) is 6.47. The summed E-state index contributed by atoms with van der Waals surface area (Å²) in [6.07, 6.45) is -2.46. The Kier molecular flexibility index (Phi) is 1.69. The summed E-state index contributed by atoms with van der Waals surface area (Å²) in [5.41, 5.74) is 6.65. The minimum absolute atomic E-state index is 0.0689. The number of alkyl halides is 2. The maximum absolute atomic E-state index is 12.2. The number of nitrogens with two attached hydrogens (primary N) is 1. The summed E-state index contributed by atoms with van der Waals surface area (Å²) in [5.74, 6) is 0. The summed E-state index contributed by atoms with van der Waals surface area (Å²) in [6.45, 7) is 0. The largest absolute Gasteiger partial charge is 0.399 e. The topological polar surface area (TPSA) is 41.8 Å². The van der Waals surface area contributed by atoms with Gasteiger partial charge in [-0.15, -0.1) is 0 Å². The van der Waals surface area contributed by atoms with Crippen molar-refractivity contribution in [3.8, 4) is 0 Å².